The van der Waals surface area contributed by atoms with Crippen LogP contribution in [-0.4, -0.2) is 34.0 Å². The monoisotopic (exact) mass is 273 g/mol. The molecule has 2 aromatic rings. The fourth-order valence-corrected chi connectivity index (χ4v) is 1.81. The van der Waals surface area contributed by atoms with Crippen LogP contribution in [0.3, 0.4) is 0 Å². The number of nitrogens with zero attached hydrogens (tertiary/aromatic N) is 3. The van der Waals surface area contributed by atoms with Crippen molar-refractivity contribution in [1.29, 1.82) is 0 Å². The van der Waals surface area contributed by atoms with Crippen LogP contribution < -0.4 is 11.1 Å². The Kier molecular flexibility index (Phi) is 5.25. The molecule has 2 rings (SSSR count). The van der Waals surface area contributed by atoms with Gasteiger partial charge >= 0.3 is 0 Å². The average Bonchev–Trinajstić information content (AvgIpc) is 2.93. The molecule has 0 aliphatic carbocycles. The van der Waals surface area contributed by atoms with Crippen molar-refractivity contribution in [2.75, 3.05) is 13.1 Å². The highest BCUT2D eigenvalue weighted by Gasteiger charge is 2.09. The van der Waals surface area contributed by atoms with Crippen LogP contribution in [0.25, 0.3) is 0 Å². The Morgan fingerprint density at radius 2 is 2.05 bits per heavy atom. The number of aromatic nitrogens is 3. The minimum absolute atomic E-state index is 0.193. The topological polar surface area (TPSA) is 85.8 Å². The van der Waals surface area contributed by atoms with E-state index < -0.39 is 0 Å². The van der Waals surface area contributed by atoms with Crippen molar-refractivity contribution in [2.24, 2.45) is 5.73 Å². The van der Waals surface area contributed by atoms with E-state index in [1.54, 1.807) is 10.9 Å². The SMILES string of the molecule is NCCCCNC(=O)c1cn(Cc2ccccc2)nn1. The second-order valence-electron chi connectivity index (χ2n) is 4.54. The molecule has 106 valence electrons. The van der Waals surface area contributed by atoms with Gasteiger partial charge in [0.2, 0.25) is 0 Å². The van der Waals surface area contributed by atoms with E-state index in [0.717, 1.165) is 18.4 Å². The van der Waals surface area contributed by atoms with Crippen LogP contribution in [0.1, 0.15) is 28.9 Å². The van der Waals surface area contributed by atoms with Crippen molar-refractivity contribution in [3.8, 4) is 0 Å². The van der Waals surface area contributed by atoms with Crippen molar-refractivity contribution in [1.82, 2.24) is 20.3 Å². The van der Waals surface area contributed by atoms with Crippen LogP contribution in [-0.2, 0) is 6.54 Å². The van der Waals surface area contributed by atoms with Gasteiger partial charge in [0, 0.05) is 6.54 Å². The number of nitrogens with one attached hydrogen (secondary N) is 1. The maximum atomic E-state index is 11.8. The summed E-state index contributed by atoms with van der Waals surface area (Å²) in [7, 11) is 0. The number of amides is 1. The first-order valence-electron chi connectivity index (χ1n) is 6.72. The molecule has 0 atom stereocenters. The highest BCUT2D eigenvalue weighted by molar-refractivity contribution is 5.91. The number of rotatable bonds is 7. The molecule has 0 aliphatic heterocycles. The molecule has 0 saturated heterocycles. The largest absolute Gasteiger partial charge is 0.351 e. The number of nitrogens with two attached hydrogens (primary N) is 1. The zero-order valence-corrected chi connectivity index (χ0v) is 11.3. The summed E-state index contributed by atoms with van der Waals surface area (Å²) in [6.07, 6.45) is 3.44. The van der Waals surface area contributed by atoms with Crippen molar-refractivity contribution in [3.63, 3.8) is 0 Å². The molecule has 3 N–H and O–H groups in total. The standard InChI is InChI=1S/C14H19N5O/c15-8-4-5-9-16-14(20)13-11-19(18-17-13)10-12-6-2-1-3-7-12/h1-3,6-7,11H,4-5,8-10,15H2,(H,16,20). The summed E-state index contributed by atoms with van der Waals surface area (Å²) in [5.74, 6) is -0.193. The molecule has 0 aliphatic rings. The highest BCUT2D eigenvalue weighted by atomic mass is 16.2. The van der Waals surface area contributed by atoms with Crippen LogP contribution in [0.4, 0.5) is 0 Å². The third kappa shape index (κ3) is 4.17. The molecule has 0 saturated carbocycles. The third-order valence-corrected chi connectivity index (χ3v) is 2.88. The number of hydrogen-bond donors (Lipinski definition) is 2. The summed E-state index contributed by atoms with van der Waals surface area (Å²) < 4.78 is 1.66. The summed E-state index contributed by atoms with van der Waals surface area (Å²) in [6, 6.07) is 9.92. The lowest BCUT2D eigenvalue weighted by molar-refractivity contribution is 0.0948. The predicted octanol–water partition coefficient (Wildman–Crippen LogP) is 0.795. The van der Waals surface area contributed by atoms with Gasteiger partial charge in [-0.2, -0.15) is 0 Å². The minimum atomic E-state index is -0.193. The van der Waals surface area contributed by atoms with Crippen LogP contribution in [0.5, 0.6) is 0 Å². The van der Waals surface area contributed by atoms with Gasteiger partial charge in [-0.15, -0.1) is 5.10 Å². The summed E-state index contributed by atoms with van der Waals surface area (Å²) >= 11 is 0. The van der Waals surface area contributed by atoms with E-state index in [4.69, 9.17) is 5.73 Å². The van der Waals surface area contributed by atoms with Crippen LogP contribution in [0, 0.1) is 0 Å². The fourth-order valence-electron chi connectivity index (χ4n) is 1.81. The van der Waals surface area contributed by atoms with Gasteiger partial charge in [-0.3, -0.25) is 4.79 Å². The Bertz CT molecular complexity index is 538. The third-order valence-electron chi connectivity index (χ3n) is 2.88. The van der Waals surface area contributed by atoms with Crippen LogP contribution in [0.15, 0.2) is 36.5 Å². The van der Waals surface area contributed by atoms with E-state index in [1.165, 1.54) is 0 Å². The zero-order valence-electron chi connectivity index (χ0n) is 11.3. The van der Waals surface area contributed by atoms with Gasteiger partial charge in [-0.05, 0) is 24.9 Å². The lowest BCUT2D eigenvalue weighted by Gasteiger charge is -2.01. The molecular formula is C14H19N5O. The first kappa shape index (κ1) is 14.2. The molecular weight excluding hydrogens is 254 g/mol. The normalized spacial score (nSPS) is 10.4. The van der Waals surface area contributed by atoms with E-state index in [2.05, 4.69) is 15.6 Å². The van der Waals surface area contributed by atoms with Crippen molar-refractivity contribution < 1.29 is 4.79 Å². The van der Waals surface area contributed by atoms with Gasteiger partial charge in [-0.1, -0.05) is 35.5 Å². The van der Waals surface area contributed by atoms with E-state index in [9.17, 15) is 4.79 Å². The Labute approximate surface area is 118 Å². The molecule has 1 heterocycles. The second kappa shape index (κ2) is 7.40. The molecule has 0 bridgehead atoms. The average molecular weight is 273 g/mol. The number of benzene rings is 1. The van der Waals surface area contributed by atoms with Crippen molar-refractivity contribution >= 4 is 5.91 Å². The highest BCUT2D eigenvalue weighted by Crippen LogP contribution is 2.02. The Morgan fingerprint density at radius 3 is 2.80 bits per heavy atom. The molecule has 6 nitrogen and oxygen atoms in total. The summed E-state index contributed by atoms with van der Waals surface area (Å²) in [4.78, 5) is 11.8. The lowest BCUT2D eigenvalue weighted by Crippen LogP contribution is -2.25. The van der Waals surface area contributed by atoms with Crippen molar-refractivity contribution in [3.05, 3.63) is 47.8 Å². The molecule has 1 aromatic carbocycles. The number of carbonyl (C=O) groups excluding carboxylic acids is 1. The van der Waals surface area contributed by atoms with Crippen LogP contribution in [0.2, 0.25) is 0 Å². The van der Waals surface area contributed by atoms with E-state index in [0.29, 0.717) is 25.3 Å². The van der Waals surface area contributed by atoms with Gasteiger partial charge in [0.25, 0.3) is 5.91 Å². The fraction of sp³-hybridized carbons (Fsp3) is 0.357. The van der Waals surface area contributed by atoms with Gasteiger partial charge in [0.15, 0.2) is 5.69 Å². The van der Waals surface area contributed by atoms with Crippen LogP contribution >= 0.6 is 0 Å². The smallest absolute Gasteiger partial charge is 0.273 e. The summed E-state index contributed by atoms with van der Waals surface area (Å²) in [5, 5.41) is 10.7. The quantitative estimate of drug-likeness (QED) is 0.730. The van der Waals surface area contributed by atoms with Crippen molar-refractivity contribution in [2.45, 2.75) is 19.4 Å². The molecule has 0 unspecified atom stereocenters. The van der Waals surface area contributed by atoms with Gasteiger partial charge in [0.1, 0.15) is 0 Å². The lowest BCUT2D eigenvalue weighted by atomic mass is 10.2. The molecule has 1 amide bonds. The molecule has 0 fully saturated rings. The van der Waals surface area contributed by atoms with Gasteiger partial charge in [0.05, 0.1) is 12.7 Å². The van der Waals surface area contributed by atoms with E-state index >= 15 is 0 Å². The molecule has 6 heteroatoms. The number of unbranched alkanes of at least 4 members (excludes halogenated alkanes) is 1. The Morgan fingerprint density at radius 1 is 1.25 bits per heavy atom. The summed E-state index contributed by atoms with van der Waals surface area (Å²) in [5.41, 5.74) is 6.85. The minimum Gasteiger partial charge on any atom is -0.351 e. The molecule has 20 heavy (non-hydrogen) atoms. The van der Waals surface area contributed by atoms with E-state index in [1.807, 2.05) is 30.3 Å². The summed E-state index contributed by atoms with van der Waals surface area (Å²) in [6.45, 7) is 1.86. The van der Waals surface area contributed by atoms with E-state index in [-0.39, 0.29) is 5.91 Å². The first-order valence-corrected chi connectivity index (χ1v) is 6.72. The second-order valence-corrected chi connectivity index (χ2v) is 4.54. The number of hydrogen-bond acceptors (Lipinski definition) is 4. The van der Waals surface area contributed by atoms with Gasteiger partial charge in [-0.25, -0.2) is 4.68 Å². The Balaban J connectivity index is 1.87. The number of carbonyl (C=O) groups is 1. The molecule has 0 spiro atoms. The maximum absolute atomic E-state index is 11.8. The van der Waals surface area contributed by atoms with Gasteiger partial charge < -0.3 is 11.1 Å². The molecule has 1 aromatic heterocycles. The Hall–Kier alpha value is -2.21. The first-order chi connectivity index (χ1) is 9.79. The molecule has 0 radical (unpaired) electrons. The maximum Gasteiger partial charge on any atom is 0.273 e. The zero-order chi connectivity index (χ0) is 14.2. The predicted molar refractivity (Wildman–Crippen MR) is 76.2 cm³/mol.